The van der Waals surface area contributed by atoms with Gasteiger partial charge < -0.3 is 15.7 Å². The van der Waals surface area contributed by atoms with Crippen molar-refractivity contribution in [3.63, 3.8) is 0 Å². The van der Waals surface area contributed by atoms with Gasteiger partial charge in [-0.2, -0.15) is 0 Å². The Hall–Kier alpha value is -1.88. The fraction of sp³-hybridized carbons (Fsp3) is 0.333. The Morgan fingerprint density at radius 2 is 2.12 bits per heavy atom. The maximum atomic E-state index is 11.7. The third-order valence-electron chi connectivity index (χ3n) is 2.97. The Labute approximate surface area is 98.8 Å². The molecule has 5 heteroatoms. The molecule has 1 heterocycles. The molecule has 1 aromatic carbocycles. The molecule has 1 atom stereocenters. The Balaban J connectivity index is 2.32. The first-order chi connectivity index (χ1) is 8.13. The van der Waals surface area contributed by atoms with Gasteiger partial charge in [0.25, 0.3) is 0 Å². The second kappa shape index (κ2) is 4.55. The van der Waals surface area contributed by atoms with E-state index in [-0.39, 0.29) is 24.8 Å². The summed E-state index contributed by atoms with van der Waals surface area (Å²) in [5.41, 5.74) is 7.05. The number of anilines is 1. The van der Waals surface area contributed by atoms with E-state index < -0.39 is 5.97 Å². The largest absolute Gasteiger partial charge is 0.481 e. The summed E-state index contributed by atoms with van der Waals surface area (Å²) in [5.74, 6) is -1.17. The first-order valence-corrected chi connectivity index (χ1v) is 5.44. The molecule has 1 unspecified atom stereocenters. The molecule has 0 saturated heterocycles. The van der Waals surface area contributed by atoms with Crippen LogP contribution >= 0.6 is 0 Å². The van der Waals surface area contributed by atoms with Crippen molar-refractivity contribution in [1.82, 2.24) is 0 Å². The molecule has 1 amide bonds. The molecule has 17 heavy (non-hydrogen) atoms. The third kappa shape index (κ3) is 2.14. The molecule has 0 saturated carbocycles. The van der Waals surface area contributed by atoms with Gasteiger partial charge in [-0.3, -0.25) is 9.59 Å². The molecule has 90 valence electrons. The van der Waals surface area contributed by atoms with Gasteiger partial charge in [0.1, 0.15) is 0 Å². The molecule has 5 nitrogen and oxygen atoms in total. The fourth-order valence-electron chi connectivity index (χ4n) is 2.23. The van der Waals surface area contributed by atoms with Crippen LogP contribution in [0.3, 0.4) is 0 Å². The number of nitrogens with two attached hydrogens (primary N) is 1. The van der Waals surface area contributed by atoms with Crippen molar-refractivity contribution >= 4 is 17.6 Å². The van der Waals surface area contributed by atoms with Crippen molar-refractivity contribution in [3.8, 4) is 0 Å². The first-order valence-electron chi connectivity index (χ1n) is 5.44. The second-order valence-corrected chi connectivity index (χ2v) is 4.06. The maximum Gasteiger partial charge on any atom is 0.304 e. The van der Waals surface area contributed by atoms with E-state index in [0.29, 0.717) is 6.54 Å². The molecule has 0 radical (unpaired) electrons. The molecule has 0 aliphatic carbocycles. The Morgan fingerprint density at radius 3 is 2.76 bits per heavy atom. The number of carboxylic acid groups (broad SMARTS) is 1. The van der Waals surface area contributed by atoms with Crippen LogP contribution in [0.1, 0.15) is 17.9 Å². The fourth-order valence-corrected chi connectivity index (χ4v) is 2.23. The number of nitrogens with zero attached hydrogens (tertiary/aromatic N) is 1. The molecular formula is C12H14N2O3. The van der Waals surface area contributed by atoms with Crippen molar-refractivity contribution in [2.45, 2.75) is 12.3 Å². The third-order valence-corrected chi connectivity index (χ3v) is 2.97. The van der Waals surface area contributed by atoms with Crippen LogP contribution in [-0.4, -0.2) is 30.1 Å². The number of aliphatic carboxylic acids is 1. The molecule has 0 bridgehead atoms. The summed E-state index contributed by atoms with van der Waals surface area (Å²) in [6.07, 6.45) is 0.0331. The molecule has 0 aromatic heterocycles. The number of para-hydroxylation sites is 1. The SMILES string of the molecule is NCC(=O)N1CC(CC(=O)O)c2ccccc21. The maximum absolute atomic E-state index is 11.7. The van der Waals surface area contributed by atoms with E-state index in [2.05, 4.69) is 0 Å². The average Bonchev–Trinajstić information content (AvgIpc) is 2.67. The molecule has 3 N–H and O–H groups in total. The van der Waals surface area contributed by atoms with Crippen LogP contribution < -0.4 is 10.6 Å². The molecule has 0 spiro atoms. The van der Waals surface area contributed by atoms with Crippen molar-refractivity contribution < 1.29 is 14.7 Å². The monoisotopic (exact) mass is 234 g/mol. The lowest BCUT2D eigenvalue weighted by Gasteiger charge is -2.16. The minimum absolute atomic E-state index is 0.0331. The summed E-state index contributed by atoms with van der Waals surface area (Å²) in [6, 6.07) is 7.38. The predicted molar refractivity (Wildman–Crippen MR) is 62.8 cm³/mol. The lowest BCUT2D eigenvalue weighted by molar-refractivity contribution is -0.137. The smallest absolute Gasteiger partial charge is 0.304 e. The zero-order chi connectivity index (χ0) is 12.4. The highest BCUT2D eigenvalue weighted by Gasteiger charge is 2.32. The van der Waals surface area contributed by atoms with E-state index in [1.54, 1.807) is 4.90 Å². The lowest BCUT2D eigenvalue weighted by Crippen LogP contribution is -2.35. The summed E-state index contributed by atoms with van der Waals surface area (Å²) in [6.45, 7) is 0.343. The van der Waals surface area contributed by atoms with Crippen molar-refractivity contribution in [3.05, 3.63) is 29.8 Å². The Morgan fingerprint density at radius 1 is 1.41 bits per heavy atom. The summed E-state index contributed by atoms with van der Waals surface area (Å²) in [5, 5.41) is 8.85. The molecule has 0 fully saturated rings. The number of amides is 1. The van der Waals surface area contributed by atoms with Gasteiger partial charge in [0.2, 0.25) is 5.91 Å². The van der Waals surface area contributed by atoms with Crippen LogP contribution in [0, 0.1) is 0 Å². The normalized spacial score (nSPS) is 17.9. The number of rotatable bonds is 3. The van der Waals surface area contributed by atoms with Gasteiger partial charge in [0.05, 0.1) is 13.0 Å². The highest BCUT2D eigenvalue weighted by Crippen LogP contribution is 2.37. The number of carboxylic acids is 1. The number of carbonyl (C=O) groups is 2. The minimum Gasteiger partial charge on any atom is -0.481 e. The molecule has 1 aliphatic heterocycles. The van der Waals surface area contributed by atoms with Crippen LogP contribution in [0.4, 0.5) is 5.69 Å². The highest BCUT2D eigenvalue weighted by molar-refractivity contribution is 5.97. The number of fused-ring (bicyclic) bond motifs is 1. The molecule has 1 aromatic rings. The summed E-state index contributed by atoms with van der Waals surface area (Å²) in [4.78, 5) is 24.0. The van der Waals surface area contributed by atoms with Gasteiger partial charge in [-0.1, -0.05) is 18.2 Å². The van der Waals surface area contributed by atoms with E-state index in [9.17, 15) is 9.59 Å². The van der Waals surface area contributed by atoms with E-state index in [1.165, 1.54) is 0 Å². The van der Waals surface area contributed by atoms with Gasteiger partial charge in [-0.15, -0.1) is 0 Å². The van der Waals surface area contributed by atoms with E-state index in [4.69, 9.17) is 10.8 Å². The van der Waals surface area contributed by atoms with Gasteiger partial charge in [-0.05, 0) is 11.6 Å². The number of carbonyl (C=O) groups excluding carboxylic acids is 1. The Bertz CT molecular complexity index is 459. The van der Waals surface area contributed by atoms with Crippen LogP contribution in [0.25, 0.3) is 0 Å². The average molecular weight is 234 g/mol. The van der Waals surface area contributed by atoms with Crippen molar-refractivity contribution in [1.29, 1.82) is 0 Å². The number of benzene rings is 1. The number of hydrogen-bond donors (Lipinski definition) is 2. The zero-order valence-corrected chi connectivity index (χ0v) is 9.30. The predicted octanol–water partition coefficient (Wildman–Crippen LogP) is 0.550. The van der Waals surface area contributed by atoms with Gasteiger partial charge in [0, 0.05) is 18.2 Å². The quantitative estimate of drug-likeness (QED) is 0.800. The van der Waals surface area contributed by atoms with E-state index in [1.807, 2.05) is 24.3 Å². The lowest BCUT2D eigenvalue weighted by atomic mass is 9.98. The first kappa shape index (κ1) is 11.6. The Kier molecular flexibility index (Phi) is 3.10. The van der Waals surface area contributed by atoms with Crippen LogP contribution in [0.15, 0.2) is 24.3 Å². The second-order valence-electron chi connectivity index (χ2n) is 4.06. The molecule has 2 rings (SSSR count). The zero-order valence-electron chi connectivity index (χ0n) is 9.30. The van der Waals surface area contributed by atoms with E-state index >= 15 is 0 Å². The van der Waals surface area contributed by atoms with Crippen molar-refractivity contribution in [2.24, 2.45) is 5.73 Å². The highest BCUT2D eigenvalue weighted by atomic mass is 16.4. The number of hydrogen-bond acceptors (Lipinski definition) is 3. The summed E-state index contributed by atoms with van der Waals surface area (Å²) < 4.78 is 0. The summed E-state index contributed by atoms with van der Waals surface area (Å²) in [7, 11) is 0. The van der Waals surface area contributed by atoms with Crippen LogP contribution in [-0.2, 0) is 9.59 Å². The van der Waals surface area contributed by atoms with Crippen molar-refractivity contribution in [2.75, 3.05) is 18.0 Å². The minimum atomic E-state index is -0.855. The van der Waals surface area contributed by atoms with Gasteiger partial charge in [-0.25, -0.2) is 0 Å². The standard InChI is InChI=1S/C12H14N2O3/c13-6-11(15)14-7-8(5-12(16)17)9-3-1-2-4-10(9)14/h1-4,8H,5-7,13H2,(H,16,17). The van der Waals surface area contributed by atoms with E-state index in [0.717, 1.165) is 11.3 Å². The summed E-state index contributed by atoms with van der Waals surface area (Å²) >= 11 is 0. The van der Waals surface area contributed by atoms with Crippen LogP contribution in [0.5, 0.6) is 0 Å². The van der Waals surface area contributed by atoms with Gasteiger partial charge >= 0.3 is 5.97 Å². The van der Waals surface area contributed by atoms with Gasteiger partial charge in [0.15, 0.2) is 0 Å². The molecular weight excluding hydrogens is 220 g/mol. The molecule has 1 aliphatic rings. The topological polar surface area (TPSA) is 83.6 Å². The van der Waals surface area contributed by atoms with Crippen LogP contribution in [0.2, 0.25) is 0 Å².